The minimum Gasteiger partial charge on any atom is -0.485 e. The predicted octanol–water partition coefficient (Wildman–Crippen LogP) is 1.45. The molecular formula is C8H10N2OS. The van der Waals surface area contributed by atoms with E-state index in [-0.39, 0.29) is 0 Å². The predicted molar refractivity (Wildman–Crippen MR) is 51.8 cm³/mol. The summed E-state index contributed by atoms with van der Waals surface area (Å²) < 4.78 is 4.95. The van der Waals surface area contributed by atoms with Crippen LogP contribution in [0, 0.1) is 6.92 Å². The molecule has 0 aliphatic carbocycles. The number of pyridine rings is 1. The van der Waals surface area contributed by atoms with Gasteiger partial charge in [0.1, 0.15) is 18.0 Å². The van der Waals surface area contributed by atoms with Crippen LogP contribution in [0.25, 0.3) is 0 Å². The summed E-state index contributed by atoms with van der Waals surface area (Å²) in [7, 11) is 0. The van der Waals surface area contributed by atoms with Gasteiger partial charge in [0, 0.05) is 11.8 Å². The molecule has 4 heteroatoms. The van der Waals surface area contributed by atoms with Crippen LogP contribution >= 0.6 is 12.2 Å². The van der Waals surface area contributed by atoms with E-state index in [0.29, 0.717) is 12.4 Å². The second-order valence-corrected chi connectivity index (χ2v) is 2.59. The fourth-order valence-corrected chi connectivity index (χ4v) is 0.983. The zero-order valence-electron chi connectivity index (χ0n) is 6.78. The van der Waals surface area contributed by atoms with Gasteiger partial charge in [-0.15, -0.1) is 0 Å². The molecule has 64 valence electrons. The van der Waals surface area contributed by atoms with E-state index in [1.165, 1.54) is 5.55 Å². The van der Waals surface area contributed by atoms with Crippen molar-refractivity contribution in [3.05, 3.63) is 23.4 Å². The number of anilines is 1. The summed E-state index contributed by atoms with van der Waals surface area (Å²) in [5.74, 6) is 0.506. The van der Waals surface area contributed by atoms with Crippen LogP contribution < -0.4 is 5.73 Å². The minimum absolute atomic E-state index is 0.398. The number of ether oxygens (including phenoxy) is 1. The molecule has 0 radical (unpaired) electrons. The van der Waals surface area contributed by atoms with Crippen LogP contribution in [0.1, 0.15) is 11.1 Å². The maximum Gasteiger partial charge on any atom is 0.146 e. The highest BCUT2D eigenvalue weighted by Gasteiger charge is 2.02. The van der Waals surface area contributed by atoms with E-state index in [9.17, 15) is 0 Å². The van der Waals surface area contributed by atoms with Crippen molar-refractivity contribution in [2.45, 2.75) is 13.5 Å². The summed E-state index contributed by atoms with van der Waals surface area (Å²) in [6.45, 7) is 2.36. The van der Waals surface area contributed by atoms with E-state index >= 15 is 0 Å². The summed E-state index contributed by atoms with van der Waals surface area (Å²) in [5.41, 5.74) is 8.82. The first-order valence-corrected chi connectivity index (χ1v) is 3.98. The van der Waals surface area contributed by atoms with Crippen molar-refractivity contribution in [3.63, 3.8) is 0 Å². The third-order valence-corrected chi connectivity index (χ3v) is 1.76. The lowest BCUT2D eigenvalue weighted by molar-refractivity contribution is 0.315. The van der Waals surface area contributed by atoms with Crippen LogP contribution in [-0.2, 0) is 11.3 Å². The zero-order valence-corrected chi connectivity index (χ0v) is 7.60. The van der Waals surface area contributed by atoms with Crippen molar-refractivity contribution in [1.82, 2.24) is 4.98 Å². The maximum atomic E-state index is 5.62. The highest BCUT2D eigenvalue weighted by Crippen LogP contribution is 2.13. The van der Waals surface area contributed by atoms with Gasteiger partial charge in [0.25, 0.3) is 0 Å². The number of hydrogen-bond donors (Lipinski definition) is 1. The molecule has 0 saturated carbocycles. The Hall–Kier alpha value is -1.16. The average Bonchev–Trinajstić information content (AvgIpc) is 2.04. The average molecular weight is 182 g/mol. The monoisotopic (exact) mass is 182 g/mol. The van der Waals surface area contributed by atoms with Gasteiger partial charge in [-0.3, -0.25) is 0 Å². The van der Waals surface area contributed by atoms with Crippen molar-refractivity contribution in [2.24, 2.45) is 0 Å². The Bertz CT molecular complexity index is 268. The molecule has 1 aromatic heterocycles. The summed E-state index contributed by atoms with van der Waals surface area (Å²) >= 11 is 4.53. The van der Waals surface area contributed by atoms with Crippen LogP contribution in [0.5, 0.6) is 0 Å². The van der Waals surface area contributed by atoms with Gasteiger partial charge in [-0.05, 0) is 30.8 Å². The van der Waals surface area contributed by atoms with E-state index in [4.69, 9.17) is 10.5 Å². The quantitative estimate of drug-likeness (QED) is 0.719. The lowest BCUT2D eigenvalue weighted by Crippen LogP contribution is -2.01. The van der Waals surface area contributed by atoms with Gasteiger partial charge >= 0.3 is 0 Å². The zero-order chi connectivity index (χ0) is 8.97. The summed E-state index contributed by atoms with van der Waals surface area (Å²) in [6, 6.07) is 1.89. The second-order valence-electron chi connectivity index (χ2n) is 2.40. The lowest BCUT2D eigenvalue weighted by Gasteiger charge is -2.06. The third kappa shape index (κ3) is 1.92. The Labute approximate surface area is 76.6 Å². The highest BCUT2D eigenvalue weighted by atomic mass is 32.1. The lowest BCUT2D eigenvalue weighted by atomic mass is 10.1. The van der Waals surface area contributed by atoms with E-state index in [1.807, 2.05) is 13.0 Å². The Kier molecular flexibility index (Phi) is 2.99. The fraction of sp³-hybridized carbons (Fsp3) is 0.250. The van der Waals surface area contributed by atoms with Gasteiger partial charge in [-0.2, -0.15) is 0 Å². The number of nitrogens with two attached hydrogens (primary N) is 1. The first-order chi connectivity index (χ1) is 5.75. The largest absolute Gasteiger partial charge is 0.485 e. The molecule has 0 aliphatic rings. The first kappa shape index (κ1) is 8.93. The molecule has 2 N–H and O–H groups in total. The van der Waals surface area contributed by atoms with E-state index in [0.717, 1.165) is 11.1 Å². The molecule has 1 rings (SSSR count). The highest BCUT2D eigenvalue weighted by molar-refractivity contribution is 7.78. The Morgan fingerprint density at radius 1 is 1.75 bits per heavy atom. The molecule has 0 atom stereocenters. The van der Waals surface area contributed by atoms with Gasteiger partial charge < -0.3 is 10.5 Å². The molecular weight excluding hydrogens is 172 g/mol. The summed E-state index contributed by atoms with van der Waals surface area (Å²) in [5, 5.41) is 0. The van der Waals surface area contributed by atoms with Crippen molar-refractivity contribution in [3.8, 4) is 0 Å². The molecule has 0 aromatic carbocycles. The van der Waals surface area contributed by atoms with Gasteiger partial charge in [-0.1, -0.05) is 0 Å². The number of aromatic nitrogens is 1. The molecule has 0 aliphatic heterocycles. The minimum atomic E-state index is 0.398. The number of nitrogen functional groups attached to an aromatic ring is 1. The molecule has 0 saturated heterocycles. The van der Waals surface area contributed by atoms with E-state index in [2.05, 4.69) is 17.2 Å². The molecule has 0 unspecified atom stereocenters. The number of aryl methyl sites for hydroxylation is 1. The third-order valence-electron chi connectivity index (χ3n) is 1.62. The SMILES string of the molecule is Cc1ccnc(N)c1COC=S. The van der Waals surface area contributed by atoms with Crippen molar-refractivity contribution < 1.29 is 4.74 Å². The maximum absolute atomic E-state index is 5.62. The smallest absolute Gasteiger partial charge is 0.146 e. The molecule has 0 bridgehead atoms. The Balaban J connectivity index is 2.88. The standard InChI is InChI=1S/C8H10N2OS/c1-6-2-3-10-8(9)7(6)4-11-5-12/h2-3,5H,4H2,1H3,(H2,9,10). The van der Waals surface area contributed by atoms with Crippen molar-refractivity contribution in [2.75, 3.05) is 5.73 Å². The van der Waals surface area contributed by atoms with Gasteiger partial charge in [-0.25, -0.2) is 4.98 Å². The second kappa shape index (κ2) is 4.01. The summed E-state index contributed by atoms with van der Waals surface area (Å²) in [4.78, 5) is 3.94. The summed E-state index contributed by atoms with van der Waals surface area (Å²) in [6.07, 6.45) is 1.67. The van der Waals surface area contributed by atoms with E-state index in [1.54, 1.807) is 6.20 Å². The van der Waals surface area contributed by atoms with Crippen LogP contribution in [0.3, 0.4) is 0 Å². The molecule has 3 nitrogen and oxygen atoms in total. The van der Waals surface area contributed by atoms with Crippen LogP contribution in [0.2, 0.25) is 0 Å². The fourth-order valence-electron chi connectivity index (χ4n) is 0.915. The molecule has 0 spiro atoms. The van der Waals surface area contributed by atoms with Crippen molar-refractivity contribution in [1.29, 1.82) is 0 Å². The first-order valence-electron chi connectivity index (χ1n) is 3.51. The number of nitrogens with zero attached hydrogens (tertiary/aromatic N) is 1. The Morgan fingerprint density at radius 2 is 2.50 bits per heavy atom. The molecule has 12 heavy (non-hydrogen) atoms. The molecule has 1 heterocycles. The van der Waals surface area contributed by atoms with E-state index < -0.39 is 0 Å². The topological polar surface area (TPSA) is 48.1 Å². The Morgan fingerprint density at radius 3 is 3.08 bits per heavy atom. The number of thiocarbonyl (C=S) groups is 1. The van der Waals surface area contributed by atoms with Gasteiger partial charge in [0.05, 0.1) is 0 Å². The van der Waals surface area contributed by atoms with Crippen LogP contribution in [0.15, 0.2) is 12.3 Å². The van der Waals surface area contributed by atoms with Crippen LogP contribution in [-0.4, -0.2) is 10.5 Å². The van der Waals surface area contributed by atoms with Crippen molar-refractivity contribution >= 4 is 23.6 Å². The molecule has 0 amide bonds. The van der Waals surface area contributed by atoms with Gasteiger partial charge in [0.15, 0.2) is 0 Å². The van der Waals surface area contributed by atoms with Crippen LogP contribution in [0.4, 0.5) is 5.82 Å². The van der Waals surface area contributed by atoms with Gasteiger partial charge in [0.2, 0.25) is 0 Å². The normalized spacial score (nSPS) is 9.42. The molecule has 1 aromatic rings. The number of rotatable bonds is 3. The number of hydrogen-bond acceptors (Lipinski definition) is 4. The molecule has 0 fully saturated rings.